The van der Waals surface area contributed by atoms with Gasteiger partial charge in [-0.25, -0.2) is 0 Å². The summed E-state index contributed by atoms with van der Waals surface area (Å²) in [6.07, 6.45) is 0. The number of rotatable bonds is 4. The summed E-state index contributed by atoms with van der Waals surface area (Å²) in [6.45, 7) is 0.00106. The molecule has 1 heterocycles. The number of anilines is 1. The predicted molar refractivity (Wildman–Crippen MR) is 69.0 cm³/mol. The Labute approximate surface area is 111 Å². The van der Waals surface area contributed by atoms with Gasteiger partial charge in [0, 0.05) is 16.9 Å². The molecule has 7 heteroatoms. The van der Waals surface area contributed by atoms with Crippen molar-refractivity contribution in [2.45, 2.75) is 0 Å². The van der Waals surface area contributed by atoms with Crippen LogP contribution >= 0.6 is 38.9 Å². The lowest BCUT2D eigenvalue weighted by atomic mass is 10.5. The summed E-state index contributed by atoms with van der Waals surface area (Å²) in [5, 5.41) is 5.29. The van der Waals surface area contributed by atoms with E-state index in [4.69, 9.17) is 11.6 Å². The first kappa shape index (κ1) is 13.5. The molecule has 0 saturated carbocycles. The van der Waals surface area contributed by atoms with Gasteiger partial charge in [-0.15, -0.1) is 22.9 Å². The van der Waals surface area contributed by atoms with Gasteiger partial charge in [0.2, 0.25) is 11.8 Å². The van der Waals surface area contributed by atoms with Crippen LogP contribution in [-0.2, 0) is 9.59 Å². The SMILES string of the molecule is CN(CC(=O)Nc1cc(Br)cs1)C(=O)CCl. The molecule has 1 aromatic heterocycles. The number of hydrogen-bond acceptors (Lipinski definition) is 3. The zero-order valence-electron chi connectivity index (χ0n) is 8.50. The van der Waals surface area contributed by atoms with Crippen LogP contribution in [0.2, 0.25) is 0 Å². The maximum absolute atomic E-state index is 11.5. The van der Waals surface area contributed by atoms with Crippen molar-refractivity contribution in [3.05, 3.63) is 15.9 Å². The molecule has 0 atom stereocenters. The first-order chi connectivity index (χ1) is 7.52. The van der Waals surface area contributed by atoms with Crippen LogP contribution in [0.15, 0.2) is 15.9 Å². The molecule has 0 aliphatic rings. The third kappa shape index (κ3) is 4.11. The van der Waals surface area contributed by atoms with E-state index in [9.17, 15) is 9.59 Å². The van der Waals surface area contributed by atoms with Gasteiger partial charge in [0.25, 0.3) is 0 Å². The van der Waals surface area contributed by atoms with E-state index >= 15 is 0 Å². The Kier molecular flexibility index (Phi) is 5.24. The van der Waals surface area contributed by atoms with Crippen LogP contribution in [0.5, 0.6) is 0 Å². The highest BCUT2D eigenvalue weighted by molar-refractivity contribution is 9.10. The second-order valence-corrected chi connectivity index (χ2v) is 5.15. The molecule has 0 aliphatic heterocycles. The predicted octanol–water partition coefficient (Wildman–Crippen LogP) is 2.15. The number of carbonyl (C=O) groups is 2. The largest absolute Gasteiger partial charge is 0.335 e. The molecule has 0 bridgehead atoms. The number of halogens is 2. The number of amides is 2. The Morgan fingerprint density at radius 1 is 1.62 bits per heavy atom. The lowest BCUT2D eigenvalue weighted by Crippen LogP contribution is -2.35. The van der Waals surface area contributed by atoms with Gasteiger partial charge < -0.3 is 10.2 Å². The lowest BCUT2D eigenvalue weighted by molar-refractivity contribution is -0.131. The molecule has 16 heavy (non-hydrogen) atoms. The number of carbonyl (C=O) groups excluding carboxylic acids is 2. The number of thiophene rings is 1. The smallest absolute Gasteiger partial charge is 0.244 e. The molecule has 0 radical (unpaired) electrons. The number of alkyl halides is 1. The Bertz CT molecular complexity index is 397. The molecule has 1 rings (SSSR count). The summed E-state index contributed by atoms with van der Waals surface area (Å²) in [6, 6.07) is 1.80. The first-order valence-corrected chi connectivity index (χ1v) is 6.57. The van der Waals surface area contributed by atoms with Crippen molar-refractivity contribution in [2.75, 3.05) is 24.8 Å². The quantitative estimate of drug-likeness (QED) is 0.862. The molecule has 0 aromatic carbocycles. The van der Waals surface area contributed by atoms with Crippen molar-refractivity contribution in [1.29, 1.82) is 0 Å². The van der Waals surface area contributed by atoms with Crippen LogP contribution in [0.3, 0.4) is 0 Å². The summed E-state index contributed by atoms with van der Waals surface area (Å²) in [7, 11) is 1.54. The fraction of sp³-hybridized carbons (Fsp3) is 0.333. The van der Waals surface area contributed by atoms with Crippen LogP contribution in [-0.4, -0.2) is 36.2 Å². The monoisotopic (exact) mass is 324 g/mol. The van der Waals surface area contributed by atoms with Crippen molar-refractivity contribution in [3.63, 3.8) is 0 Å². The number of nitrogens with one attached hydrogen (secondary N) is 1. The average molecular weight is 326 g/mol. The van der Waals surface area contributed by atoms with Crippen LogP contribution in [0.4, 0.5) is 5.00 Å². The third-order valence-electron chi connectivity index (χ3n) is 1.75. The van der Waals surface area contributed by atoms with Gasteiger partial charge in [0.05, 0.1) is 11.5 Å². The third-order valence-corrected chi connectivity index (χ3v) is 3.59. The molecule has 1 N–H and O–H groups in total. The van der Waals surface area contributed by atoms with E-state index in [0.29, 0.717) is 0 Å². The van der Waals surface area contributed by atoms with Crippen LogP contribution < -0.4 is 5.32 Å². The maximum Gasteiger partial charge on any atom is 0.244 e. The van der Waals surface area contributed by atoms with E-state index in [-0.39, 0.29) is 24.2 Å². The summed E-state index contributed by atoms with van der Waals surface area (Å²) in [5.41, 5.74) is 0. The highest BCUT2D eigenvalue weighted by atomic mass is 79.9. The molecule has 4 nitrogen and oxygen atoms in total. The van der Waals surface area contributed by atoms with E-state index in [0.717, 1.165) is 9.47 Å². The van der Waals surface area contributed by atoms with Gasteiger partial charge in [0.15, 0.2) is 0 Å². The van der Waals surface area contributed by atoms with Gasteiger partial charge in [0.1, 0.15) is 5.88 Å². The molecule has 1 aromatic rings. The van der Waals surface area contributed by atoms with Gasteiger partial charge in [-0.3, -0.25) is 9.59 Å². The van der Waals surface area contributed by atoms with Crippen LogP contribution in [0.1, 0.15) is 0 Å². The minimum Gasteiger partial charge on any atom is -0.335 e. The van der Waals surface area contributed by atoms with E-state index in [1.54, 1.807) is 6.07 Å². The van der Waals surface area contributed by atoms with E-state index in [1.807, 2.05) is 5.38 Å². The fourth-order valence-electron chi connectivity index (χ4n) is 0.961. The lowest BCUT2D eigenvalue weighted by Gasteiger charge is -2.14. The minimum absolute atomic E-state index is 0.00106. The number of hydrogen-bond donors (Lipinski definition) is 1. The molecular formula is C9H10BrClN2O2S. The maximum atomic E-state index is 11.5. The van der Waals surface area contributed by atoms with Crippen molar-refractivity contribution in [2.24, 2.45) is 0 Å². The second-order valence-electron chi connectivity index (χ2n) is 3.06. The number of nitrogens with zero attached hydrogens (tertiary/aromatic N) is 1. The Morgan fingerprint density at radius 2 is 2.31 bits per heavy atom. The van der Waals surface area contributed by atoms with Crippen molar-refractivity contribution in [1.82, 2.24) is 4.90 Å². The molecule has 0 unspecified atom stereocenters. The summed E-state index contributed by atoms with van der Waals surface area (Å²) < 4.78 is 0.915. The number of likely N-dealkylation sites (N-methyl/N-ethyl adjacent to an activating group) is 1. The molecule has 88 valence electrons. The Balaban J connectivity index is 2.45. The molecular weight excluding hydrogens is 316 g/mol. The van der Waals surface area contributed by atoms with Crippen LogP contribution in [0, 0.1) is 0 Å². The van der Waals surface area contributed by atoms with Gasteiger partial charge in [-0.1, -0.05) is 0 Å². The normalized spacial score (nSPS) is 9.94. The summed E-state index contributed by atoms with van der Waals surface area (Å²) >= 11 is 10.1. The van der Waals surface area contributed by atoms with Crippen molar-refractivity contribution < 1.29 is 9.59 Å². The average Bonchev–Trinajstić information content (AvgIpc) is 2.62. The highest BCUT2D eigenvalue weighted by Gasteiger charge is 2.12. The first-order valence-electron chi connectivity index (χ1n) is 4.36. The van der Waals surface area contributed by atoms with E-state index < -0.39 is 0 Å². The van der Waals surface area contributed by atoms with Gasteiger partial charge in [-0.2, -0.15) is 0 Å². The van der Waals surface area contributed by atoms with E-state index in [1.165, 1.54) is 23.3 Å². The standard InChI is InChI=1S/C9H10BrClN2O2S/c1-13(9(15)3-11)4-7(14)12-8-2-6(10)5-16-8/h2,5H,3-4H2,1H3,(H,12,14). The van der Waals surface area contributed by atoms with E-state index in [2.05, 4.69) is 21.2 Å². The molecule has 2 amide bonds. The molecule has 0 aliphatic carbocycles. The zero-order valence-corrected chi connectivity index (χ0v) is 11.7. The highest BCUT2D eigenvalue weighted by Crippen LogP contribution is 2.24. The minimum atomic E-state index is -0.274. The fourth-order valence-corrected chi connectivity index (χ4v) is 2.50. The molecule has 0 fully saturated rings. The van der Waals surface area contributed by atoms with Crippen molar-refractivity contribution in [3.8, 4) is 0 Å². The zero-order chi connectivity index (χ0) is 12.1. The Morgan fingerprint density at radius 3 is 2.81 bits per heavy atom. The molecule has 0 saturated heterocycles. The Hall–Kier alpha value is -0.590. The summed E-state index contributed by atoms with van der Waals surface area (Å²) in [4.78, 5) is 23.9. The molecule has 0 spiro atoms. The van der Waals surface area contributed by atoms with Gasteiger partial charge >= 0.3 is 0 Å². The second kappa shape index (κ2) is 6.22. The topological polar surface area (TPSA) is 49.4 Å². The summed E-state index contributed by atoms with van der Waals surface area (Å²) in [5.74, 6) is -0.631. The van der Waals surface area contributed by atoms with Gasteiger partial charge in [-0.05, 0) is 22.0 Å². The van der Waals surface area contributed by atoms with Crippen molar-refractivity contribution >= 4 is 55.7 Å². The van der Waals surface area contributed by atoms with Crippen LogP contribution in [0.25, 0.3) is 0 Å².